The van der Waals surface area contributed by atoms with Gasteiger partial charge in [-0.15, -0.1) is 11.3 Å². The summed E-state index contributed by atoms with van der Waals surface area (Å²) in [6.07, 6.45) is 6.77. The fraction of sp³-hybridized carbons (Fsp3) is 0.688. The van der Waals surface area contributed by atoms with Crippen molar-refractivity contribution in [1.29, 1.82) is 0 Å². The van der Waals surface area contributed by atoms with Crippen LogP contribution in [0.25, 0.3) is 4.96 Å². The Balaban J connectivity index is 1.80. The Hall–Kier alpha value is -0.910. The number of hydrogen-bond acceptors (Lipinski definition) is 4. The predicted octanol–water partition coefficient (Wildman–Crippen LogP) is 3.04. The number of fused-ring (bicyclic) bond motifs is 1. The predicted molar refractivity (Wildman–Crippen MR) is 86.8 cm³/mol. The molecule has 3 rings (SSSR count). The zero-order valence-electron chi connectivity index (χ0n) is 13.1. The minimum absolute atomic E-state index is 0.112. The summed E-state index contributed by atoms with van der Waals surface area (Å²) >= 11 is 1.73. The maximum atomic E-state index is 9.89. The van der Waals surface area contributed by atoms with E-state index in [4.69, 9.17) is 0 Å². The van der Waals surface area contributed by atoms with Crippen molar-refractivity contribution in [3.8, 4) is 0 Å². The van der Waals surface area contributed by atoms with Crippen molar-refractivity contribution in [3.63, 3.8) is 0 Å². The molecule has 1 aliphatic carbocycles. The molecule has 116 valence electrons. The van der Waals surface area contributed by atoms with Crippen molar-refractivity contribution in [3.05, 3.63) is 22.5 Å². The highest BCUT2D eigenvalue weighted by Crippen LogP contribution is 2.32. The van der Waals surface area contributed by atoms with Crippen LogP contribution in [0.2, 0.25) is 0 Å². The van der Waals surface area contributed by atoms with Crippen LogP contribution < -0.4 is 5.32 Å². The number of rotatable bonds is 4. The number of imidazole rings is 1. The zero-order chi connectivity index (χ0) is 15.0. The Morgan fingerprint density at radius 3 is 3.05 bits per heavy atom. The summed E-state index contributed by atoms with van der Waals surface area (Å²) in [4.78, 5) is 6.99. The first-order valence-corrected chi connectivity index (χ1v) is 8.64. The first-order valence-electron chi connectivity index (χ1n) is 7.83. The highest BCUT2D eigenvalue weighted by molar-refractivity contribution is 7.17. The molecule has 2 atom stereocenters. The molecule has 1 aliphatic rings. The highest BCUT2D eigenvalue weighted by Gasteiger charge is 2.34. The molecule has 2 aromatic heterocycles. The Morgan fingerprint density at radius 2 is 2.33 bits per heavy atom. The SMILES string of the molecule is Cc1cn2c(CNC3(CO)CCCC(C)C3)c(C)nc2s1. The van der Waals surface area contributed by atoms with E-state index in [1.165, 1.54) is 23.4 Å². The third-order valence-corrected chi connectivity index (χ3v) is 5.66. The van der Waals surface area contributed by atoms with Gasteiger partial charge in [0.25, 0.3) is 0 Å². The summed E-state index contributed by atoms with van der Waals surface area (Å²) in [6, 6.07) is 0. The molecule has 0 aromatic carbocycles. The van der Waals surface area contributed by atoms with Crippen LogP contribution in [0.15, 0.2) is 6.20 Å². The smallest absolute Gasteiger partial charge is 0.194 e. The van der Waals surface area contributed by atoms with E-state index >= 15 is 0 Å². The van der Waals surface area contributed by atoms with Gasteiger partial charge in [-0.05, 0) is 32.6 Å². The average Bonchev–Trinajstić information content (AvgIpc) is 2.92. The number of thiazole rings is 1. The summed E-state index contributed by atoms with van der Waals surface area (Å²) in [7, 11) is 0. The van der Waals surface area contributed by atoms with Crippen LogP contribution in [0.3, 0.4) is 0 Å². The lowest BCUT2D eigenvalue weighted by Gasteiger charge is -2.39. The minimum atomic E-state index is -0.112. The van der Waals surface area contributed by atoms with Gasteiger partial charge in [-0.25, -0.2) is 4.98 Å². The van der Waals surface area contributed by atoms with Gasteiger partial charge in [-0.2, -0.15) is 0 Å². The third-order valence-electron chi connectivity index (χ3n) is 4.77. The van der Waals surface area contributed by atoms with Crippen LogP contribution in [0.5, 0.6) is 0 Å². The van der Waals surface area contributed by atoms with E-state index in [1.54, 1.807) is 11.3 Å². The van der Waals surface area contributed by atoms with Crippen LogP contribution in [0.1, 0.15) is 48.9 Å². The third kappa shape index (κ3) is 2.87. The molecular formula is C16H25N3OS. The topological polar surface area (TPSA) is 49.6 Å². The zero-order valence-corrected chi connectivity index (χ0v) is 14.0. The molecule has 2 unspecified atom stereocenters. The molecule has 0 amide bonds. The van der Waals surface area contributed by atoms with E-state index in [1.807, 2.05) is 0 Å². The second kappa shape index (κ2) is 5.71. The molecule has 0 aliphatic heterocycles. The highest BCUT2D eigenvalue weighted by atomic mass is 32.1. The van der Waals surface area contributed by atoms with Gasteiger partial charge in [0.2, 0.25) is 0 Å². The second-order valence-electron chi connectivity index (χ2n) is 6.63. The van der Waals surface area contributed by atoms with Crippen LogP contribution in [0, 0.1) is 19.8 Å². The quantitative estimate of drug-likeness (QED) is 0.913. The number of hydrogen-bond donors (Lipinski definition) is 2. The summed E-state index contributed by atoms with van der Waals surface area (Å²) in [5.41, 5.74) is 2.20. The van der Waals surface area contributed by atoms with Gasteiger partial charge in [0.1, 0.15) is 0 Å². The van der Waals surface area contributed by atoms with Gasteiger partial charge in [-0.1, -0.05) is 19.8 Å². The number of aliphatic hydroxyl groups is 1. The molecule has 2 heterocycles. The number of aliphatic hydroxyl groups excluding tert-OH is 1. The molecule has 0 radical (unpaired) electrons. The van der Waals surface area contributed by atoms with Crippen molar-refractivity contribution in [2.45, 2.75) is 58.5 Å². The van der Waals surface area contributed by atoms with Gasteiger partial charge in [-0.3, -0.25) is 4.40 Å². The lowest BCUT2D eigenvalue weighted by atomic mass is 9.77. The monoisotopic (exact) mass is 307 g/mol. The summed E-state index contributed by atoms with van der Waals surface area (Å²) in [5.74, 6) is 0.688. The Bertz CT molecular complexity index is 633. The largest absolute Gasteiger partial charge is 0.394 e. The van der Waals surface area contributed by atoms with Crippen molar-refractivity contribution in [2.75, 3.05) is 6.61 Å². The number of nitrogens with zero attached hydrogens (tertiary/aromatic N) is 2. The van der Waals surface area contributed by atoms with Crippen molar-refractivity contribution < 1.29 is 5.11 Å². The lowest BCUT2D eigenvalue weighted by Crippen LogP contribution is -2.51. The van der Waals surface area contributed by atoms with Gasteiger partial charge in [0, 0.05) is 23.2 Å². The summed E-state index contributed by atoms with van der Waals surface area (Å²) < 4.78 is 2.19. The standard InChI is InChI=1S/C16H25N3OS/c1-11-5-4-6-16(7-11,10-20)17-8-14-13(3)18-15-19(14)9-12(2)21-15/h9,11,17,20H,4-8,10H2,1-3H3. The number of aryl methyl sites for hydroxylation is 2. The minimum Gasteiger partial charge on any atom is -0.394 e. The van der Waals surface area contributed by atoms with Crippen LogP contribution in [0.4, 0.5) is 0 Å². The van der Waals surface area contributed by atoms with E-state index in [2.05, 4.69) is 41.7 Å². The molecule has 21 heavy (non-hydrogen) atoms. The molecule has 2 N–H and O–H groups in total. The normalized spacial score (nSPS) is 26.6. The van der Waals surface area contributed by atoms with E-state index < -0.39 is 0 Å². The molecule has 5 heteroatoms. The van der Waals surface area contributed by atoms with Crippen molar-refractivity contribution in [1.82, 2.24) is 14.7 Å². The Kier molecular flexibility index (Phi) is 4.08. The Labute approximate surface area is 130 Å². The van der Waals surface area contributed by atoms with Crippen molar-refractivity contribution >= 4 is 16.3 Å². The molecule has 0 spiro atoms. The van der Waals surface area contributed by atoms with Crippen molar-refractivity contribution in [2.24, 2.45) is 5.92 Å². The molecular weight excluding hydrogens is 282 g/mol. The molecule has 2 aromatic rings. The summed E-state index contributed by atoms with van der Waals surface area (Å²) in [6.45, 7) is 7.47. The van der Waals surface area contributed by atoms with Crippen LogP contribution >= 0.6 is 11.3 Å². The fourth-order valence-electron chi connectivity index (χ4n) is 3.61. The molecule has 0 bridgehead atoms. The number of nitrogens with one attached hydrogen (secondary N) is 1. The van der Waals surface area contributed by atoms with E-state index in [-0.39, 0.29) is 12.1 Å². The Morgan fingerprint density at radius 1 is 1.52 bits per heavy atom. The molecule has 4 nitrogen and oxygen atoms in total. The number of aromatic nitrogens is 2. The van der Waals surface area contributed by atoms with E-state index in [0.29, 0.717) is 5.92 Å². The van der Waals surface area contributed by atoms with Gasteiger partial charge in [0.05, 0.1) is 18.0 Å². The fourth-order valence-corrected chi connectivity index (χ4v) is 4.50. The van der Waals surface area contributed by atoms with Gasteiger partial charge < -0.3 is 10.4 Å². The maximum absolute atomic E-state index is 9.89. The second-order valence-corrected chi connectivity index (χ2v) is 7.85. The van der Waals surface area contributed by atoms with Crippen LogP contribution in [-0.4, -0.2) is 26.6 Å². The molecule has 0 saturated heterocycles. The maximum Gasteiger partial charge on any atom is 0.194 e. The van der Waals surface area contributed by atoms with E-state index in [0.717, 1.165) is 30.0 Å². The first-order chi connectivity index (χ1) is 10.0. The summed E-state index contributed by atoms with van der Waals surface area (Å²) in [5, 5.41) is 13.5. The lowest BCUT2D eigenvalue weighted by molar-refractivity contribution is 0.0978. The molecule has 1 saturated carbocycles. The van der Waals surface area contributed by atoms with E-state index in [9.17, 15) is 5.11 Å². The van der Waals surface area contributed by atoms with Gasteiger partial charge >= 0.3 is 0 Å². The first kappa shape index (κ1) is 15.0. The molecule has 1 fully saturated rings. The average molecular weight is 307 g/mol. The van der Waals surface area contributed by atoms with Gasteiger partial charge in [0.15, 0.2) is 4.96 Å². The van der Waals surface area contributed by atoms with Crippen LogP contribution in [-0.2, 0) is 6.54 Å².